The lowest BCUT2D eigenvalue weighted by Gasteiger charge is -2.28. The zero-order valence-corrected chi connectivity index (χ0v) is 12.7. The second-order valence-corrected chi connectivity index (χ2v) is 5.84. The highest BCUT2D eigenvalue weighted by Gasteiger charge is 2.17. The van der Waals surface area contributed by atoms with E-state index in [-0.39, 0.29) is 0 Å². The van der Waals surface area contributed by atoms with Crippen molar-refractivity contribution in [2.75, 3.05) is 13.1 Å². The normalized spacial score (nSPS) is 11.3. The lowest BCUT2D eigenvalue weighted by atomic mass is 10.1. The standard InChI is InChI=1S/C15H32N2O/c1-13(2)12-17(14(3)4)15(18)10-8-6-5-7-9-11-16/h13-14H,5-12,16H2,1-4H3. The van der Waals surface area contributed by atoms with Gasteiger partial charge in [0.05, 0.1) is 0 Å². The van der Waals surface area contributed by atoms with Crippen LogP contribution in [0, 0.1) is 5.92 Å². The fourth-order valence-electron chi connectivity index (χ4n) is 2.09. The van der Waals surface area contributed by atoms with E-state index >= 15 is 0 Å². The van der Waals surface area contributed by atoms with Crippen LogP contribution in [0.2, 0.25) is 0 Å². The van der Waals surface area contributed by atoms with Gasteiger partial charge in [-0.15, -0.1) is 0 Å². The Labute approximate surface area is 113 Å². The summed E-state index contributed by atoms with van der Waals surface area (Å²) in [5, 5.41) is 0. The lowest BCUT2D eigenvalue weighted by Crippen LogP contribution is -2.39. The van der Waals surface area contributed by atoms with E-state index in [1.807, 2.05) is 4.90 Å². The number of unbranched alkanes of at least 4 members (excludes halogenated alkanes) is 4. The molecule has 0 spiro atoms. The smallest absolute Gasteiger partial charge is 0.222 e. The molecule has 18 heavy (non-hydrogen) atoms. The minimum Gasteiger partial charge on any atom is -0.340 e. The Balaban J connectivity index is 3.82. The molecule has 0 rings (SSSR count). The molecule has 0 aliphatic rings. The topological polar surface area (TPSA) is 46.3 Å². The van der Waals surface area contributed by atoms with E-state index in [0.29, 0.717) is 24.3 Å². The first-order valence-electron chi connectivity index (χ1n) is 7.48. The molecule has 0 bridgehead atoms. The third-order valence-corrected chi connectivity index (χ3v) is 3.10. The monoisotopic (exact) mass is 256 g/mol. The fraction of sp³-hybridized carbons (Fsp3) is 0.933. The molecule has 0 aromatic carbocycles. The molecule has 0 heterocycles. The number of rotatable bonds is 10. The number of hydrogen-bond acceptors (Lipinski definition) is 2. The van der Waals surface area contributed by atoms with Crippen LogP contribution < -0.4 is 5.73 Å². The first kappa shape index (κ1) is 17.4. The van der Waals surface area contributed by atoms with Gasteiger partial charge in [-0.25, -0.2) is 0 Å². The van der Waals surface area contributed by atoms with Crippen LogP contribution in [0.3, 0.4) is 0 Å². The Morgan fingerprint density at radius 3 is 2.06 bits per heavy atom. The molecule has 0 aliphatic heterocycles. The Bertz CT molecular complexity index is 215. The van der Waals surface area contributed by atoms with E-state index in [1.54, 1.807) is 0 Å². The number of nitrogens with two attached hydrogens (primary N) is 1. The minimum atomic E-state index is 0.317. The van der Waals surface area contributed by atoms with Gasteiger partial charge in [-0.3, -0.25) is 4.79 Å². The van der Waals surface area contributed by atoms with Gasteiger partial charge in [0.2, 0.25) is 5.91 Å². The second-order valence-electron chi connectivity index (χ2n) is 5.84. The van der Waals surface area contributed by atoms with E-state index < -0.39 is 0 Å². The summed E-state index contributed by atoms with van der Waals surface area (Å²) in [7, 11) is 0. The van der Waals surface area contributed by atoms with Crippen molar-refractivity contribution in [3.63, 3.8) is 0 Å². The number of hydrogen-bond donors (Lipinski definition) is 1. The van der Waals surface area contributed by atoms with E-state index in [0.717, 1.165) is 32.4 Å². The molecular formula is C15H32N2O. The maximum Gasteiger partial charge on any atom is 0.222 e. The second kappa shape index (κ2) is 10.4. The molecule has 0 saturated heterocycles. The van der Waals surface area contributed by atoms with E-state index in [9.17, 15) is 4.79 Å². The highest BCUT2D eigenvalue weighted by Crippen LogP contribution is 2.11. The largest absolute Gasteiger partial charge is 0.340 e. The molecule has 0 aliphatic carbocycles. The van der Waals surface area contributed by atoms with Crippen molar-refractivity contribution in [3.05, 3.63) is 0 Å². The highest BCUT2D eigenvalue weighted by molar-refractivity contribution is 5.76. The summed E-state index contributed by atoms with van der Waals surface area (Å²) in [4.78, 5) is 14.1. The lowest BCUT2D eigenvalue weighted by molar-refractivity contribution is -0.133. The van der Waals surface area contributed by atoms with Crippen molar-refractivity contribution < 1.29 is 4.79 Å². The predicted molar refractivity (Wildman–Crippen MR) is 78.4 cm³/mol. The molecule has 1 amide bonds. The predicted octanol–water partition coefficient (Wildman–Crippen LogP) is 3.18. The molecule has 0 unspecified atom stereocenters. The van der Waals surface area contributed by atoms with Crippen LogP contribution in [0.15, 0.2) is 0 Å². The van der Waals surface area contributed by atoms with Crippen molar-refractivity contribution in [3.8, 4) is 0 Å². The van der Waals surface area contributed by atoms with Gasteiger partial charge >= 0.3 is 0 Å². The van der Waals surface area contributed by atoms with E-state index in [4.69, 9.17) is 5.73 Å². The maximum absolute atomic E-state index is 12.1. The maximum atomic E-state index is 12.1. The first-order chi connectivity index (χ1) is 8.49. The van der Waals surface area contributed by atoms with Crippen LogP contribution in [0.4, 0.5) is 0 Å². The van der Waals surface area contributed by atoms with Crippen LogP contribution in [-0.2, 0) is 4.79 Å². The average Bonchev–Trinajstić information content (AvgIpc) is 2.29. The molecule has 0 saturated carbocycles. The summed E-state index contributed by atoms with van der Waals surface area (Å²) in [5.41, 5.74) is 5.45. The van der Waals surface area contributed by atoms with Crippen molar-refractivity contribution in [1.29, 1.82) is 0 Å². The Morgan fingerprint density at radius 1 is 1.00 bits per heavy atom. The van der Waals surface area contributed by atoms with Crippen LogP contribution in [-0.4, -0.2) is 29.9 Å². The van der Waals surface area contributed by atoms with Crippen molar-refractivity contribution in [2.24, 2.45) is 11.7 Å². The van der Waals surface area contributed by atoms with Gasteiger partial charge in [0, 0.05) is 19.0 Å². The first-order valence-corrected chi connectivity index (χ1v) is 7.48. The average molecular weight is 256 g/mol. The van der Waals surface area contributed by atoms with Crippen LogP contribution in [0.25, 0.3) is 0 Å². The molecule has 0 aromatic rings. The Kier molecular flexibility index (Phi) is 10.0. The molecule has 2 N–H and O–H groups in total. The van der Waals surface area contributed by atoms with Crippen LogP contribution in [0.1, 0.15) is 66.2 Å². The number of carbonyl (C=O) groups is 1. The molecule has 0 fully saturated rings. The number of nitrogens with zero attached hydrogens (tertiary/aromatic N) is 1. The Hall–Kier alpha value is -0.570. The van der Waals surface area contributed by atoms with Gasteiger partial charge in [-0.1, -0.05) is 33.1 Å². The summed E-state index contributed by atoms with van der Waals surface area (Å²) in [6.07, 6.45) is 6.39. The molecule has 0 aromatic heterocycles. The van der Waals surface area contributed by atoms with Gasteiger partial charge < -0.3 is 10.6 Å². The Morgan fingerprint density at radius 2 is 1.56 bits per heavy atom. The fourth-order valence-corrected chi connectivity index (χ4v) is 2.09. The van der Waals surface area contributed by atoms with Gasteiger partial charge in [-0.05, 0) is 39.2 Å². The van der Waals surface area contributed by atoms with Crippen molar-refractivity contribution >= 4 is 5.91 Å². The number of carbonyl (C=O) groups excluding carboxylic acids is 1. The summed E-state index contributed by atoms with van der Waals surface area (Å²) in [5.74, 6) is 0.860. The SMILES string of the molecule is CC(C)CN(C(=O)CCCCCCCN)C(C)C. The van der Waals surface area contributed by atoms with Crippen LogP contribution >= 0.6 is 0 Å². The van der Waals surface area contributed by atoms with Gasteiger partial charge in [-0.2, -0.15) is 0 Å². The zero-order valence-electron chi connectivity index (χ0n) is 12.7. The van der Waals surface area contributed by atoms with Crippen molar-refractivity contribution in [1.82, 2.24) is 4.90 Å². The van der Waals surface area contributed by atoms with E-state index in [1.165, 1.54) is 12.8 Å². The molecule has 0 radical (unpaired) electrons. The van der Waals surface area contributed by atoms with E-state index in [2.05, 4.69) is 27.7 Å². The van der Waals surface area contributed by atoms with Gasteiger partial charge in [0.25, 0.3) is 0 Å². The van der Waals surface area contributed by atoms with Crippen LogP contribution in [0.5, 0.6) is 0 Å². The number of amides is 1. The summed E-state index contributed by atoms with van der Waals surface area (Å²) in [6, 6.07) is 0.317. The highest BCUT2D eigenvalue weighted by atomic mass is 16.2. The zero-order chi connectivity index (χ0) is 14.0. The summed E-state index contributed by atoms with van der Waals surface area (Å²) >= 11 is 0. The summed E-state index contributed by atoms with van der Waals surface area (Å²) < 4.78 is 0. The summed E-state index contributed by atoms with van der Waals surface area (Å²) in [6.45, 7) is 10.2. The van der Waals surface area contributed by atoms with Gasteiger partial charge in [0.1, 0.15) is 0 Å². The molecular weight excluding hydrogens is 224 g/mol. The minimum absolute atomic E-state index is 0.317. The quantitative estimate of drug-likeness (QED) is 0.610. The molecule has 3 heteroatoms. The third-order valence-electron chi connectivity index (χ3n) is 3.10. The molecule has 3 nitrogen and oxygen atoms in total. The van der Waals surface area contributed by atoms with Gasteiger partial charge in [0.15, 0.2) is 0 Å². The molecule has 108 valence electrons. The third kappa shape index (κ3) is 8.51. The van der Waals surface area contributed by atoms with Crippen molar-refractivity contribution in [2.45, 2.75) is 72.3 Å². The molecule has 0 atom stereocenters.